The van der Waals surface area contributed by atoms with Gasteiger partial charge in [0, 0.05) is 43.0 Å². The number of carbonyl (C=O) groups excluding carboxylic acids is 1. The first-order valence-electron chi connectivity index (χ1n) is 8.56. The Balaban J connectivity index is 1.79. The summed E-state index contributed by atoms with van der Waals surface area (Å²) in [6.07, 6.45) is 7.84. The fourth-order valence-corrected chi connectivity index (χ4v) is 3.90. The zero-order valence-electron chi connectivity index (χ0n) is 14.1. The van der Waals surface area contributed by atoms with Crippen LogP contribution in [0.5, 0.6) is 0 Å². The molecule has 1 fully saturated rings. The lowest BCUT2D eigenvalue weighted by molar-refractivity contribution is 0.0966. The van der Waals surface area contributed by atoms with Gasteiger partial charge in [0.25, 0.3) is 5.91 Å². The smallest absolute Gasteiger partial charge is 0.254 e. The number of nitrogens with two attached hydrogens (primary N) is 1. The Bertz CT molecular complexity index is 833. The van der Waals surface area contributed by atoms with Gasteiger partial charge in [0.1, 0.15) is 5.82 Å². The van der Waals surface area contributed by atoms with Gasteiger partial charge in [0.15, 0.2) is 0 Å². The third-order valence-electron chi connectivity index (χ3n) is 5.01. The summed E-state index contributed by atoms with van der Waals surface area (Å²) >= 11 is 6.57. The van der Waals surface area contributed by atoms with Crippen molar-refractivity contribution in [3.8, 4) is 11.3 Å². The van der Waals surface area contributed by atoms with Crippen LogP contribution in [0.3, 0.4) is 0 Å². The maximum absolute atomic E-state index is 12.3. The molecule has 1 amide bonds. The van der Waals surface area contributed by atoms with E-state index in [1.54, 1.807) is 10.9 Å². The van der Waals surface area contributed by atoms with Crippen LogP contribution < -0.4 is 16.4 Å². The molecule has 1 saturated carbocycles. The number of aromatic nitrogens is 3. The molecule has 0 radical (unpaired) electrons. The Morgan fingerprint density at radius 1 is 1.40 bits per heavy atom. The number of pyridine rings is 1. The summed E-state index contributed by atoms with van der Waals surface area (Å²) < 4.78 is 1.69. The molecule has 0 unspecified atom stereocenters. The Labute approximate surface area is 150 Å². The van der Waals surface area contributed by atoms with E-state index in [-0.39, 0.29) is 18.0 Å². The summed E-state index contributed by atoms with van der Waals surface area (Å²) in [5.74, 6) is 0.447. The van der Waals surface area contributed by atoms with Gasteiger partial charge in [0.05, 0.1) is 22.5 Å². The molecule has 2 atom stereocenters. The van der Waals surface area contributed by atoms with Crippen LogP contribution >= 0.6 is 11.6 Å². The van der Waals surface area contributed by atoms with E-state index in [1.165, 1.54) is 0 Å². The number of hydrogen-bond acceptors (Lipinski definition) is 5. The number of aryl methyl sites for hydroxylation is 1. The maximum atomic E-state index is 12.3. The molecule has 8 heteroatoms. The van der Waals surface area contributed by atoms with Gasteiger partial charge in [-0.2, -0.15) is 5.10 Å². The average molecular weight is 361 g/mol. The highest BCUT2D eigenvalue weighted by Crippen LogP contribution is 2.37. The fourth-order valence-electron chi connectivity index (χ4n) is 3.64. The molecular formula is C17H21ClN6O. The van der Waals surface area contributed by atoms with Gasteiger partial charge in [-0.1, -0.05) is 24.4 Å². The van der Waals surface area contributed by atoms with Crippen LogP contribution in [0.2, 0.25) is 5.02 Å². The van der Waals surface area contributed by atoms with Crippen molar-refractivity contribution in [2.75, 3.05) is 5.32 Å². The molecule has 4 N–H and O–H groups in total. The summed E-state index contributed by atoms with van der Waals surface area (Å²) in [6, 6.07) is 0.227. The van der Waals surface area contributed by atoms with Crippen molar-refractivity contribution in [3.63, 3.8) is 0 Å². The van der Waals surface area contributed by atoms with Crippen LogP contribution in [0.1, 0.15) is 41.6 Å². The number of anilines is 1. The van der Waals surface area contributed by atoms with Crippen molar-refractivity contribution in [1.82, 2.24) is 20.1 Å². The molecule has 2 aromatic heterocycles. The van der Waals surface area contributed by atoms with E-state index in [0.29, 0.717) is 28.6 Å². The summed E-state index contributed by atoms with van der Waals surface area (Å²) in [4.78, 5) is 17.0. The predicted molar refractivity (Wildman–Crippen MR) is 96.5 cm³/mol. The molecule has 0 aromatic carbocycles. The van der Waals surface area contributed by atoms with Crippen molar-refractivity contribution in [2.24, 2.45) is 12.8 Å². The van der Waals surface area contributed by atoms with Gasteiger partial charge in [-0.25, -0.2) is 4.98 Å². The van der Waals surface area contributed by atoms with E-state index in [1.807, 2.05) is 13.2 Å². The Morgan fingerprint density at radius 3 is 2.92 bits per heavy atom. The van der Waals surface area contributed by atoms with Crippen molar-refractivity contribution < 1.29 is 4.79 Å². The largest absolute Gasteiger partial charge is 0.365 e. The molecule has 25 heavy (non-hydrogen) atoms. The highest BCUT2D eigenvalue weighted by atomic mass is 35.5. The van der Waals surface area contributed by atoms with E-state index >= 15 is 0 Å². The van der Waals surface area contributed by atoms with Gasteiger partial charge >= 0.3 is 0 Å². The summed E-state index contributed by atoms with van der Waals surface area (Å²) in [6.45, 7) is 0.411. The quantitative estimate of drug-likeness (QED) is 0.778. The second-order valence-corrected chi connectivity index (χ2v) is 7.14. The SMILES string of the molecule is Cn1cc(-c2nc(N[C@@H]3CCCC[C@@H]3N)c(Cl)c3c2C(=O)NC3)cn1. The van der Waals surface area contributed by atoms with E-state index in [2.05, 4.69) is 15.7 Å². The van der Waals surface area contributed by atoms with Crippen LogP contribution in [0.25, 0.3) is 11.3 Å². The molecular weight excluding hydrogens is 340 g/mol. The van der Waals surface area contributed by atoms with Crippen LogP contribution in [-0.4, -0.2) is 32.8 Å². The van der Waals surface area contributed by atoms with Gasteiger partial charge in [-0.3, -0.25) is 9.48 Å². The number of carbonyl (C=O) groups is 1. The van der Waals surface area contributed by atoms with E-state index in [0.717, 1.165) is 36.8 Å². The fraction of sp³-hybridized carbons (Fsp3) is 0.471. The maximum Gasteiger partial charge on any atom is 0.254 e. The van der Waals surface area contributed by atoms with Crippen LogP contribution in [0, 0.1) is 0 Å². The third kappa shape index (κ3) is 2.87. The molecule has 3 heterocycles. The predicted octanol–water partition coefficient (Wildman–Crippen LogP) is 2.06. The number of nitrogens with one attached hydrogen (secondary N) is 2. The lowest BCUT2D eigenvalue weighted by Gasteiger charge is -2.30. The number of fused-ring (bicyclic) bond motifs is 1. The molecule has 1 aliphatic carbocycles. The molecule has 0 saturated heterocycles. The number of rotatable bonds is 3. The Morgan fingerprint density at radius 2 is 2.20 bits per heavy atom. The van der Waals surface area contributed by atoms with Crippen LogP contribution in [0.4, 0.5) is 5.82 Å². The van der Waals surface area contributed by atoms with Crippen molar-refractivity contribution in [3.05, 3.63) is 28.5 Å². The topological polar surface area (TPSA) is 97.9 Å². The van der Waals surface area contributed by atoms with Gasteiger partial charge < -0.3 is 16.4 Å². The molecule has 1 aliphatic heterocycles. The third-order valence-corrected chi connectivity index (χ3v) is 5.41. The molecule has 0 bridgehead atoms. The normalized spacial score (nSPS) is 22.6. The van der Waals surface area contributed by atoms with E-state index in [4.69, 9.17) is 22.3 Å². The molecule has 2 aliphatic rings. The Kier molecular flexibility index (Phi) is 4.13. The number of halogens is 1. The minimum atomic E-state index is -0.149. The lowest BCUT2D eigenvalue weighted by atomic mass is 9.91. The lowest BCUT2D eigenvalue weighted by Crippen LogP contribution is -2.42. The van der Waals surface area contributed by atoms with Gasteiger partial charge in [-0.05, 0) is 12.8 Å². The molecule has 2 aromatic rings. The highest BCUT2D eigenvalue weighted by Gasteiger charge is 2.31. The van der Waals surface area contributed by atoms with Gasteiger partial charge in [-0.15, -0.1) is 0 Å². The zero-order chi connectivity index (χ0) is 17.6. The summed E-state index contributed by atoms with van der Waals surface area (Å²) in [5.41, 5.74) is 8.97. The average Bonchev–Trinajstić information content (AvgIpc) is 3.19. The van der Waals surface area contributed by atoms with Crippen molar-refractivity contribution >= 4 is 23.3 Å². The molecule has 4 rings (SSSR count). The minimum Gasteiger partial charge on any atom is -0.365 e. The standard InChI is InChI=1S/C17H21ClN6O/c1-24-8-9(6-21-24)15-13-10(7-20-17(13)25)14(18)16(23-15)22-12-5-3-2-4-11(12)19/h6,8,11-12H,2-5,7,19H2,1H3,(H,20,25)(H,22,23)/t11-,12+/m0/s1. The first-order chi connectivity index (χ1) is 12.0. The summed E-state index contributed by atoms with van der Waals surface area (Å²) in [7, 11) is 1.83. The van der Waals surface area contributed by atoms with E-state index < -0.39 is 0 Å². The van der Waals surface area contributed by atoms with Crippen molar-refractivity contribution in [2.45, 2.75) is 44.3 Å². The van der Waals surface area contributed by atoms with Crippen molar-refractivity contribution in [1.29, 1.82) is 0 Å². The van der Waals surface area contributed by atoms with Gasteiger partial charge in [0.2, 0.25) is 0 Å². The molecule has 7 nitrogen and oxygen atoms in total. The summed E-state index contributed by atoms with van der Waals surface area (Å²) in [5, 5.41) is 11.0. The minimum absolute atomic E-state index is 0.0847. The highest BCUT2D eigenvalue weighted by molar-refractivity contribution is 6.34. The zero-order valence-corrected chi connectivity index (χ0v) is 14.8. The number of hydrogen-bond donors (Lipinski definition) is 3. The second kappa shape index (κ2) is 6.31. The van der Waals surface area contributed by atoms with E-state index in [9.17, 15) is 4.79 Å². The monoisotopic (exact) mass is 360 g/mol. The number of amides is 1. The molecule has 0 spiro atoms. The first-order valence-corrected chi connectivity index (χ1v) is 8.94. The first kappa shape index (κ1) is 16.4. The van der Waals surface area contributed by atoms with Crippen LogP contribution in [-0.2, 0) is 13.6 Å². The molecule has 132 valence electrons. The number of nitrogens with zero attached hydrogens (tertiary/aromatic N) is 3. The second-order valence-electron chi connectivity index (χ2n) is 6.76. The van der Waals surface area contributed by atoms with Crippen LogP contribution in [0.15, 0.2) is 12.4 Å². The Hall–Kier alpha value is -2.12.